The summed E-state index contributed by atoms with van der Waals surface area (Å²) in [5.41, 5.74) is 1.67. The number of likely N-dealkylation sites (N-methyl/N-ethyl adjacent to an activating group) is 1. The molecule has 0 radical (unpaired) electrons. The van der Waals surface area contributed by atoms with Crippen LogP contribution in [0.5, 0.6) is 5.75 Å². The third-order valence-corrected chi connectivity index (χ3v) is 3.79. The van der Waals surface area contributed by atoms with Crippen molar-refractivity contribution in [3.8, 4) is 5.75 Å². The summed E-state index contributed by atoms with van der Waals surface area (Å²) in [5, 5.41) is 3.48. The fraction of sp³-hybridized carbons (Fsp3) is 0.500. The van der Waals surface area contributed by atoms with Gasteiger partial charge in [-0.1, -0.05) is 11.6 Å². The average Bonchev–Trinajstić information content (AvgIpc) is 2.86. The van der Waals surface area contributed by atoms with Crippen LogP contribution >= 0.6 is 11.6 Å². The van der Waals surface area contributed by atoms with Crippen LogP contribution in [0.25, 0.3) is 0 Å². The molecule has 2 aliphatic heterocycles. The monoisotopic (exact) mass is 296 g/mol. The Morgan fingerprint density at radius 3 is 3.10 bits per heavy atom. The second kappa shape index (κ2) is 5.60. The first-order valence-electron chi connectivity index (χ1n) is 6.70. The maximum Gasteiger partial charge on any atom is 0.254 e. The minimum absolute atomic E-state index is 0.156. The zero-order valence-corrected chi connectivity index (χ0v) is 12.1. The highest BCUT2D eigenvalue weighted by atomic mass is 35.5. The number of carbonyl (C=O) groups is 1. The van der Waals surface area contributed by atoms with Gasteiger partial charge in [-0.2, -0.15) is 0 Å². The first kappa shape index (κ1) is 13.7. The summed E-state index contributed by atoms with van der Waals surface area (Å²) in [7, 11) is 1.98. The molecule has 1 aromatic rings. The first-order valence-corrected chi connectivity index (χ1v) is 7.07. The van der Waals surface area contributed by atoms with Gasteiger partial charge in [0.2, 0.25) is 0 Å². The topological polar surface area (TPSA) is 50.8 Å². The third-order valence-electron chi connectivity index (χ3n) is 3.57. The number of hydrogen-bond donors (Lipinski definition) is 1. The van der Waals surface area contributed by atoms with E-state index in [1.807, 2.05) is 13.1 Å². The number of hydrogen-bond acceptors (Lipinski definition) is 4. The summed E-state index contributed by atoms with van der Waals surface area (Å²) in [6.07, 6.45) is 0.367. The van der Waals surface area contributed by atoms with Gasteiger partial charge in [-0.3, -0.25) is 4.79 Å². The lowest BCUT2D eigenvalue weighted by Crippen LogP contribution is -2.46. The number of halogens is 1. The molecule has 0 bridgehead atoms. The Labute approximate surface area is 122 Å². The number of nitrogens with one attached hydrogen (secondary N) is 1. The second-order valence-electron chi connectivity index (χ2n) is 5.15. The predicted octanol–water partition coefficient (Wildman–Crippen LogP) is 1.54. The molecule has 3 rings (SSSR count). The number of amides is 1. The van der Waals surface area contributed by atoms with Crippen molar-refractivity contribution < 1.29 is 14.3 Å². The van der Waals surface area contributed by atoms with Gasteiger partial charge in [-0.25, -0.2) is 0 Å². The van der Waals surface area contributed by atoms with Gasteiger partial charge >= 0.3 is 0 Å². The van der Waals surface area contributed by atoms with Crippen molar-refractivity contribution in [3.05, 3.63) is 22.7 Å². The van der Waals surface area contributed by atoms with Gasteiger partial charge in [0, 0.05) is 30.1 Å². The van der Waals surface area contributed by atoms with E-state index in [1.54, 1.807) is 6.07 Å². The predicted molar refractivity (Wildman–Crippen MR) is 76.5 cm³/mol. The van der Waals surface area contributed by atoms with Crippen LogP contribution in [0.15, 0.2) is 12.1 Å². The molecular weight excluding hydrogens is 280 g/mol. The molecule has 20 heavy (non-hydrogen) atoms. The molecular formula is C14H17ClN2O3. The lowest BCUT2D eigenvalue weighted by Gasteiger charge is -2.29. The average molecular weight is 297 g/mol. The number of ether oxygens (including phenoxy) is 2. The van der Waals surface area contributed by atoms with Crippen LogP contribution in [0.4, 0.5) is 5.69 Å². The highest BCUT2D eigenvalue weighted by molar-refractivity contribution is 6.31. The molecule has 1 saturated heterocycles. The van der Waals surface area contributed by atoms with E-state index in [0.717, 1.165) is 24.3 Å². The third kappa shape index (κ3) is 2.75. The molecule has 108 valence electrons. The normalized spacial score (nSPS) is 22.2. The highest BCUT2D eigenvalue weighted by Gasteiger charge is 2.27. The number of anilines is 1. The van der Waals surface area contributed by atoms with Crippen LogP contribution in [0.3, 0.4) is 0 Å². The van der Waals surface area contributed by atoms with E-state index < -0.39 is 6.10 Å². The Morgan fingerprint density at radius 2 is 2.30 bits per heavy atom. The molecule has 0 aliphatic carbocycles. The number of carbonyl (C=O) groups excluding carboxylic acids is 1. The Morgan fingerprint density at radius 1 is 1.45 bits per heavy atom. The van der Waals surface area contributed by atoms with E-state index >= 15 is 0 Å². The van der Waals surface area contributed by atoms with Crippen LogP contribution < -0.4 is 10.1 Å². The van der Waals surface area contributed by atoms with E-state index in [4.69, 9.17) is 21.1 Å². The van der Waals surface area contributed by atoms with E-state index in [1.165, 1.54) is 0 Å². The van der Waals surface area contributed by atoms with E-state index in [9.17, 15) is 4.79 Å². The molecule has 1 N–H and O–H groups in total. The van der Waals surface area contributed by atoms with E-state index in [-0.39, 0.29) is 5.91 Å². The maximum atomic E-state index is 12.3. The molecule has 1 amide bonds. The molecule has 1 aromatic carbocycles. The second-order valence-corrected chi connectivity index (χ2v) is 5.59. The van der Waals surface area contributed by atoms with E-state index in [2.05, 4.69) is 10.2 Å². The summed E-state index contributed by atoms with van der Waals surface area (Å²) in [6.45, 7) is 2.63. The van der Waals surface area contributed by atoms with Gasteiger partial charge in [0.15, 0.2) is 0 Å². The molecule has 0 saturated carbocycles. The SMILES string of the molecule is CN1CCO[C@H](C(=O)Nc2cc(Cl)cc3c2OCC3)C1. The van der Waals surface area contributed by atoms with Crippen molar-refractivity contribution in [1.82, 2.24) is 4.90 Å². The minimum Gasteiger partial charge on any atom is -0.491 e. The summed E-state index contributed by atoms with van der Waals surface area (Å²) in [4.78, 5) is 14.3. The molecule has 6 heteroatoms. The van der Waals surface area contributed by atoms with Crippen LogP contribution in [0.1, 0.15) is 5.56 Å². The quantitative estimate of drug-likeness (QED) is 0.899. The molecule has 0 spiro atoms. The Kier molecular flexibility index (Phi) is 3.83. The molecule has 0 aromatic heterocycles. The lowest BCUT2D eigenvalue weighted by molar-refractivity contribution is -0.132. The van der Waals surface area contributed by atoms with Crippen molar-refractivity contribution in [2.75, 3.05) is 38.7 Å². The maximum absolute atomic E-state index is 12.3. The van der Waals surface area contributed by atoms with Gasteiger partial charge in [-0.05, 0) is 19.2 Å². The molecule has 1 atom stereocenters. The molecule has 2 aliphatic rings. The van der Waals surface area contributed by atoms with E-state index in [0.29, 0.717) is 30.5 Å². The Balaban J connectivity index is 1.76. The van der Waals surface area contributed by atoms with Crippen LogP contribution in [0.2, 0.25) is 5.02 Å². The standard InChI is InChI=1S/C14H17ClN2O3/c1-17-3-5-19-12(8-17)14(18)16-11-7-10(15)6-9-2-4-20-13(9)11/h6-7,12H,2-5,8H2,1H3,(H,16,18)/t12-/m0/s1. The molecule has 1 fully saturated rings. The number of rotatable bonds is 2. The Hall–Kier alpha value is -1.30. The number of fused-ring (bicyclic) bond motifs is 1. The largest absolute Gasteiger partial charge is 0.491 e. The zero-order chi connectivity index (χ0) is 14.1. The van der Waals surface area contributed by atoms with Crippen molar-refractivity contribution in [2.45, 2.75) is 12.5 Å². The number of benzene rings is 1. The van der Waals surface area contributed by atoms with Gasteiger partial charge in [-0.15, -0.1) is 0 Å². The molecule has 2 heterocycles. The van der Waals surface area contributed by atoms with Gasteiger partial charge < -0.3 is 19.7 Å². The van der Waals surface area contributed by atoms with Crippen molar-refractivity contribution in [3.63, 3.8) is 0 Å². The fourth-order valence-corrected chi connectivity index (χ4v) is 2.75. The number of morpholine rings is 1. The highest BCUT2D eigenvalue weighted by Crippen LogP contribution is 2.36. The van der Waals surface area contributed by atoms with Gasteiger partial charge in [0.25, 0.3) is 5.91 Å². The first-order chi connectivity index (χ1) is 9.63. The van der Waals surface area contributed by atoms with Crippen LogP contribution in [-0.2, 0) is 16.0 Å². The van der Waals surface area contributed by atoms with Crippen molar-refractivity contribution in [2.24, 2.45) is 0 Å². The van der Waals surface area contributed by atoms with Gasteiger partial charge in [0.1, 0.15) is 11.9 Å². The van der Waals surface area contributed by atoms with Crippen LogP contribution in [-0.4, -0.2) is 50.3 Å². The summed E-state index contributed by atoms with van der Waals surface area (Å²) < 4.78 is 11.1. The summed E-state index contributed by atoms with van der Waals surface area (Å²) in [6, 6.07) is 3.60. The number of nitrogens with zero attached hydrogens (tertiary/aromatic N) is 1. The van der Waals surface area contributed by atoms with Crippen molar-refractivity contribution in [1.29, 1.82) is 0 Å². The van der Waals surface area contributed by atoms with Crippen molar-refractivity contribution >= 4 is 23.2 Å². The van der Waals surface area contributed by atoms with Crippen LogP contribution in [0, 0.1) is 0 Å². The minimum atomic E-state index is -0.454. The smallest absolute Gasteiger partial charge is 0.254 e. The Bertz CT molecular complexity index is 535. The molecule has 0 unspecified atom stereocenters. The summed E-state index contributed by atoms with van der Waals surface area (Å²) in [5.74, 6) is 0.573. The molecule has 5 nitrogen and oxygen atoms in total. The fourth-order valence-electron chi connectivity index (χ4n) is 2.51. The summed E-state index contributed by atoms with van der Waals surface area (Å²) >= 11 is 6.07. The lowest BCUT2D eigenvalue weighted by atomic mass is 10.1. The van der Waals surface area contributed by atoms with Gasteiger partial charge in [0.05, 0.1) is 18.9 Å². The zero-order valence-electron chi connectivity index (χ0n) is 11.3.